The fourth-order valence-corrected chi connectivity index (χ4v) is 19.1. The molecule has 10 fully saturated rings. The fraction of sp³-hybridized carbons (Fsp3) is 0.954. The summed E-state index contributed by atoms with van der Waals surface area (Å²) < 4.78 is 71.8. The van der Waals surface area contributed by atoms with Gasteiger partial charge < -0.3 is 149 Å². The van der Waals surface area contributed by atoms with Crippen LogP contribution in [0.15, 0.2) is 11.6 Å². The highest BCUT2D eigenvalue weighted by Gasteiger charge is 2.72. The van der Waals surface area contributed by atoms with Crippen molar-refractivity contribution < 1.29 is 154 Å². The molecule has 0 aromatic carbocycles. The molecule has 0 spiro atoms. The average molecular weight is 1380 g/mol. The summed E-state index contributed by atoms with van der Waals surface area (Å²) in [5.74, 6) is -1.16. The van der Waals surface area contributed by atoms with Crippen LogP contribution in [-0.4, -0.2) is 315 Å². The topological polar surface area (TPSA) is 492 Å². The van der Waals surface area contributed by atoms with Crippen LogP contribution in [0, 0.1) is 50.2 Å². The second-order valence-electron chi connectivity index (χ2n) is 31.4. The van der Waals surface area contributed by atoms with Gasteiger partial charge in [0.1, 0.15) is 128 Å². The summed E-state index contributed by atoms with van der Waals surface area (Å²) >= 11 is 0. The first-order valence-corrected chi connectivity index (χ1v) is 34.1. The Bertz CT molecular complexity index is 2690. The Balaban J connectivity index is 0.783. The minimum atomic E-state index is -1.95. The van der Waals surface area contributed by atoms with Crippen molar-refractivity contribution in [3.8, 4) is 0 Å². The van der Waals surface area contributed by atoms with E-state index in [0.29, 0.717) is 57.8 Å². The molecule has 18 N–H and O–H groups in total. The molecular weight excluding hydrogens is 1280 g/mol. The lowest BCUT2D eigenvalue weighted by atomic mass is 9.33. The van der Waals surface area contributed by atoms with Gasteiger partial charge in [-0.3, -0.25) is 4.79 Å². The smallest absolute Gasteiger partial charge is 0.315 e. The Morgan fingerprint density at radius 3 is 1.66 bits per heavy atom. The number of aliphatic hydroxyl groups excluding tert-OH is 18. The number of hydrogen-bond acceptors (Lipinski definition) is 31. The minimum Gasteiger partial charge on any atom is -0.432 e. The zero-order chi connectivity index (χ0) is 70.0. The van der Waals surface area contributed by atoms with Gasteiger partial charge in [-0.25, -0.2) is 0 Å². The van der Waals surface area contributed by atoms with Crippen molar-refractivity contribution in [2.75, 3.05) is 33.0 Å². The number of esters is 1. The van der Waals surface area contributed by atoms with Crippen LogP contribution in [0.25, 0.3) is 0 Å². The number of allylic oxidation sites excluding steroid dienone is 1. The third-order valence-electron chi connectivity index (χ3n) is 25.1. The summed E-state index contributed by atoms with van der Waals surface area (Å²) in [6, 6.07) is 0. The minimum absolute atomic E-state index is 0.000950. The summed E-state index contributed by atoms with van der Waals surface area (Å²) in [4.78, 5) is 15.4. The standard InChI is InChI=1S/C65H106O31/c1-25-36(70)41(75)46(80)54(87-25)93-50-31(21-67)90-53(49(83)45(50)79)86-23-32-40(74)43(77)48(82)56(91-32)96-59(84)64-16-15-60(3,4)19-28(64)27-9-10-34-62(7)13-12-35(61(5,6)33(62)11-14-63(34,8)65(27,24-68)18-17-64)92-57-51(38(72)29(69)22-85-57)95-58-52(44(78)39(73)30(20-66)89-58)94-55-47(81)42(76)37(71)26(2)88-55/h9,25-26,28-58,66-83H,10-24H2,1-8H3/t25-,26-,28-,29-,30+,31+,32+,33-,34+,35-,36-,37-,38-,39+,40+,41+,42+,43-,44-,45+,46+,47+,48+,49+,50+,51+,52+,53+,54-,55-,56-,57-,58-,62-,63+,64-,65-/m0/s1. The maximum absolute atomic E-state index is 15.4. The van der Waals surface area contributed by atoms with E-state index in [4.69, 9.17) is 56.8 Å². The van der Waals surface area contributed by atoms with Gasteiger partial charge in [0.2, 0.25) is 6.29 Å². The quantitative estimate of drug-likeness (QED) is 0.0392. The van der Waals surface area contributed by atoms with E-state index >= 15 is 4.79 Å². The van der Waals surface area contributed by atoms with Crippen LogP contribution in [0.4, 0.5) is 0 Å². The lowest BCUT2D eigenvalue weighted by Gasteiger charge is -2.71. The van der Waals surface area contributed by atoms with Gasteiger partial charge in [0, 0.05) is 5.41 Å². The molecule has 552 valence electrons. The molecule has 0 aromatic heterocycles. The predicted molar refractivity (Wildman–Crippen MR) is 321 cm³/mol. The van der Waals surface area contributed by atoms with Crippen LogP contribution in [-0.2, 0) is 61.6 Å². The van der Waals surface area contributed by atoms with Crippen LogP contribution in [0.2, 0.25) is 0 Å². The number of fused-ring (bicyclic) bond motifs is 7. The number of carbonyl (C=O) groups excluding carboxylic acids is 1. The van der Waals surface area contributed by atoms with E-state index in [1.54, 1.807) is 0 Å². The van der Waals surface area contributed by atoms with Gasteiger partial charge in [-0.05, 0) is 117 Å². The van der Waals surface area contributed by atoms with Crippen LogP contribution < -0.4 is 0 Å². The molecule has 11 aliphatic rings. The molecule has 11 rings (SSSR count). The number of rotatable bonds is 16. The Morgan fingerprint density at radius 1 is 0.500 bits per heavy atom. The molecule has 96 heavy (non-hydrogen) atoms. The second-order valence-corrected chi connectivity index (χ2v) is 31.4. The molecule has 0 bridgehead atoms. The highest BCUT2D eigenvalue weighted by Crippen LogP contribution is 2.76. The van der Waals surface area contributed by atoms with E-state index in [9.17, 15) is 91.9 Å². The van der Waals surface area contributed by atoms with Crippen molar-refractivity contribution in [3.63, 3.8) is 0 Å². The molecule has 31 heteroatoms. The van der Waals surface area contributed by atoms with Gasteiger partial charge in [-0.2, -0.15) is 0 Å². The molecule has 6 saturated heterocycles. The van der Waals surface area contributed by atoms with E-state index in [1.165, 1.54) is 13.8 Å². The summed E-state index contributed by atoms with van der Waals surface area (Å²) in [6.45, 7) is 13.0. The van der Waals surface area contributed by atoms with Crippen LogP contribution in [0.1, 0.15) is 120 Å². The molecule has 6 heterocycles. The number of carbonyl (C=O) groups is 1. The molecule has 4 saturated carbocycles. The van der Waals surface area contributed by atoms with Crippen molar-refractivity contribution in [1.29, 1.82) is 0 Å². The molecule has 0 unspecified atom stereocenters. The normalized spacial score (nSPS) is 54.1. The fourth-order valence-electron chi connectivity index (χ4n) is 19.1. The molecule has 31 nitrogen and oxygen atoms in total. The van der Waals surface area contributed by atoms with Gasteiger partial charge in [0.05, 0.1) is 56.8 Å². The van der Waals surface area contributed by atoms with E-state index in [1.807, 2.05) is 0 Å². The lowest BCUT2D eigenvalue weighted by molar-refractivity contribution is -0.392. The highest BCUT2D eigenvalue weighted by atomic mass is 16.8. The van der Waals surface area contributed by atoms with Gasteiger partial charge in [0.25, 0.3) is 0 Å². The van der Waals surface area contributed by atoms with Gasteiger partial charge in [-0.15, -0.1) is 0 Å². The summed E-state index contributed by atoms with van der Waals surface area (Å²) in [5.41, 5.74) is -2.80. The molecule has 0 amide bonds. The lowest BCUT2D eigenvalue weighted by Crippen LogP contribution is -2.67. The van der Waals surface area contributed by atoms with E-state index in [-0.39, 0.29) is 42.3 Å². The molecule has 0 aromatic rings. The van der Waals surface area contributed by atoms with E-state index in [0.717, 1.165) is 5.57 Å². The Hall–Kier alpha value is -1.95. The molecule has 5 aliphatic carbocycles. The van der Waals surface area contributed by atoms with Gasteiger partial charge >= 0.3 is 5.97 Å². The largest absolute Gasteiger partial charge is 0.432 e. The first kappa shape index (κ1) is 75.2. The van der Waals surface area contributed by atoms with Crippen molar-refractivity contribution in [2.45, 2.75) is 304 Å². The summed E-state index contributed by atoms with van der Waals surface area (Å²) in [6.07, 6.45) is -40.8. The van der Waals surface area contributed by atoms with E-state index in [2.05, 4.69) is 47.6 Å². The zero-order valence-corrected chi connectivity index (χ0v) is 55.6. The zero-order valence-electron chi connectivity index (χ0n) is 55.6. The van der Waals surface area contributed by atoms with Crippen molar-refractivity contribution in [3.05, 3.63) is 11.6 Å². The number of aliphatic hydroxyl groups is 18. The average Bonchev–Trinajstić information content (AvgIpc) is 0.672. The van der Waals surface area contributed by atoms with Crippen molar-refractivity contribution in [1.82, 2.24) is 0 Å². The van der Waals surface area contributed by atoms with Crippen LogP contribution in [0.5, 0.6) is 0 Å². The molecule has 0 radical (unpaired) electrons. The Labute approximate surface area is 556 Å². The number of ether oxygens (including phenoxy) is 12. The third kappa shape index (κ3) is 12.8. The van der Waals surface area contributed by atoms with Crippen molar-refractivity contribution >= 4 is 5.97 Å². The highest BCUT2D eigenvalue weighted by molar-refractivity contribution is 5.79. The SMILES string of the molecule is C[C@@H]1O[C@@H](O[C@H]2[C@H](O[C@H]3[C@H](O[C@H]4CC[C@]5(C)[C@H]6CC=C7[C@@H]8CC(C)(C)CC[C@]8(C(=O)O[C@@H]8O[C@H](CO[C@@H]9O[C@H](CO)[C@@H](O[C@@H]%10O[C@@H](C)[C@H](O)[C@@H](O)[C@H]%10O)[C@H](O)[C@H]9O)[C@@H](O)[C@H](O)[C@H]8O)CC[C@@]7(CO)[C@]6(C)CC[C@H]5C4(C)C)OC[C@H](O)[C@@H]3O)O[C@H](CO)[C@@H](O)[C@@H]2O)[C@H](O)[C@H](O)[C@H]1O. The first-order valence-electron chi connectivity index (χ1n) is 34.1. The van der Waals surface area contributed by atoms with Crippen LogP contribution in [0.3, 0.4) is 0 Å². The third-order valence-corrected chi connectivity index (χ3v) is 25.1. The Kier molecular flexibility index (Phi) is 22.1. The Morgan fingerprint density at radius 2 is 1.03 bits per heavy atom. The molecule has 37 atom stereocenters. The van der Waals surface area contributed by atoms with Crippen LogP contribution >= 0.6 is 0 Å². The van der Waals surface area contributed by atoms with E-state index < -0.39 is 238 Å². The predicted octanol–water partition coefficient (Wildman–Crippen LogP) is -4.72. The monoisotopic (exact) mass is 1380 g/mol. The summed E-state index contributed by atoms with van der Waals surface area (Å²) in [5, 5.41) is 197. The maximum atomic E-state index is 15.4. The summed E-state index contributed by atoms with van der Waals surface area (Å²) in [7, 11) is 0. The van der Waals surface area contributed by atoms with Gasteiger partial charge in [0.15, 0.2) is 31.5 Å². The van der Waals surface area contributed by atoms with Gasteiger partial charge in [-0.1, -0.05) is 53.2 Å². The molecular formula is C65H106O31. The maximum Gasteiger partial charge on any atom is 0.315 e. The number of hydrogen-bond donors (Lipinski definition) is 18. The second kappa shape index (κ2) is 28.3. The van der Waals surface area contributed by atoms with Crippen molar-refractivity contribution in [2.24, 2.45) is 50.2 Å². The first-order chi connectivity index (χ1) is 45.1. The molecule has 6 aliphatic heterocycles.